The fourth-order valence-corrected chi connectivity index (χ4v) is 2.85. The third-order valence-corrected chi connectivity index (χ3v) is 4.68. The van der Waals surface area contributed by atoms with Crippen LogP contribution in [0.4, 0.5) is 0 Å². The van der Waals surface area contributed by atoms with Crippen LogP contribution in [0.5, 0.6) is 5.75 Å². The largest absolute Gasteiger partial charge is 0.493 e. The number of benzene rings is 2. The summed E-state index contributed by atoms with van der Waals surface area (Å²) in [6.07, 6.45) is 0. The van der Waals surface area contributed by atoms with E-state index in [1.807, 2.05) is 13.0 Å². The fourth-order valence-electron chi connectivity index (χ4n) is 1.76. The Balaban J connectivity index is 1.95. The Bertz CT molecular complexity index is 742. The molecule has 0 aromatic heterocycles. The van der Waals surface area contributed by atoms with Gasteiger partial charge in [-0.25, -0.2) is 8.42 Å². The summed E-state index contributed by atoms with van der Waals surface area (Å²) in [7, 11) is -3.34. The van der Waals surface area contributed by atoms with E-state index in [1.165, 1.54) is 0 Å². The van der Waals surface area contributed by atoms with E-state index < -0.39 is 9.84 Å². The summed E-state index contributed by atoms with van der Waals surface area (Å²) in [4.78, 5) is 0.302. The van der Waals surface area contributed by atoms with Crippen molar-refractivity contribution in [3.8, 4) is 11.8 Å². The summed E-state index contributed by atoms with van der Waals surface area (Å²) in [6, 6.07) is 15.3. The van der Waals surface area contributed by atoms with Crippen molar-refractivity contribution in [1.82, 2.24) is 0 Å². The van der Waals surface area contributed by atoms with Crippen molar-refractivity contribution in [2.24, 2.45) is 0 Å². The Hall–Kier alpha value is -2.32. The topological polar surface area (TPSA) is 67.2 Å². The lowest BCUT2D eigenvalue weighted by molar-refractivity contribution is 0.341. The molecule has 0 bridgehead atoms. The second kappa shape index (κ2) is 6.42. The molecule has 0 aliphatic rings. The second-order valence-electron chi connectivity index (χ2n) is 4.62. The zero-order chi connectivity index (χ0) is 15.3. The first kappa shape index (κ1) is 15.1. The van der Waals surface area contributed by atoms with Crippen LogP contribution < -0.4 is 4.74 Å². The van der Waals surface area contributed by atoms with E-state index >= 15 is 0 Å². The molecule has 5 heteroatoms. The first-order chi connectivity index (χ1) is 10.0. The van der Waals surface area contributed by atoms with Crippen LogP contribution in [0, 0.1) is 18.3 Å². The quantitative estimate of drug-likeness (QED) is 0.851. The summed E-state index contributed by atoms with van der Waals surface area (Å²) >= 11 is 0. The van der Waals surface area contributed by atoms with Crippen LogP contribution in [0.1, 0.15) is 11.1 Å². The summed E-state index contributed by atoms with van der Waals surface area (Å²) in [5, 5.41) is 8.69. The van der Waals surface area contributed by atoms with Crippen LogP contribution in [0.25, 0.3) is 0 Å². The maximum absolute atomic E-state index is 12.1. The van der Waals surface area contributed by atoms with Crippen molar-refractivity contribution in [3.63, 3.8) is 0 Å². The highest BCUT2D eigenvalue weighted by Crippen LogP contribution is 2.14. The van der Waals surface area contributed by atoms with E-state index in [2.05, 4.69) is 0 Å². The Morgan fingerprint density at radius 3 is 2.24 bits per heavy atom. The summed E-state index contributed by atoms with van der Waals surface area (Å²) in [5.41, 5.74) is 1.55. The molecule has 0 saturated carbocycles. The third-order valence-electron chi connectivity index (χ3n) is 2.98. The van der Waals surface area contributed by atoms with E-state index in [0.29, 0.717) is 16.2 Å². The number of ether oxygens (including phenoxy) is 1. The standard InChI is InChI=1S/C16H15NO3S/c1-13-2-8-16(9-3-13)21(18,19)11-10-20-15-6-4-14(12-17)5-7-15/h2-9H,10-11H2,1H3. The fraction of sp³-hybridized carbons (Fsp3) is 0.188. The molecule has 0 atom stereocenters. The minimum Gasteiger partial charge on any atom is -0.493 e. The van der Waals surface area contributed by atoms with E-state index in [-0.39, 0.29) is 12.4 Å². The molecule has 0 fully saturated rings. The molecular weight excluding hydrogens is 286 g/mol. The average molecular weight is 301 g/mol. The molecule has 0 N–H and O–H groups in total. The van der Waals surface area contributed by atoms with Gasteiger partial charge >= 0.3 is 0 Å². The van der Waals surface area contributed by atoms with Gasteiger partial charge in [0.25, 0.3) is 0 Å². The Labute approximate surface area is 124 Å². The number of hydrogen-bond acceptors (Lipinski definition) is 4. The lowest BCUT2D eigenvalue weighted by Gasteiger charge is -2.07. The van der Waals surface area contributed by atoms with E-state index in [9.17, 15) is 8.42 Å². The van der Waals surface area contributed by atoms with Gasteiger partial charge in [0.05, 0.1) is 22.3 Å². The molecule has 2 rings (SSSR count). The highest BCUT2D eigenvalue weighted by molar-refractivity contribution is 7.91. The molecule has 2 aromatic rings. The van der Waals surface area contributed by atoms with Gasteiger partial charge in [-0.2, -0.15) is 5.26 Å². The maximum atomic E-state index is 12.1. The molecule has 21 heavy (non-hydrogen) atoms. The molecule has 0 heterocycles. The number of rotatable bonds is 5. The Kier molecular flexibility index (Phi) is 4.61. The zero-order valence-corrected chi connectivity index (χ0v) is 12.4. The summed E-state index contributed by atoms with van der Waals surface area (Å²) in [5.74, 6) is 0.462. The van der Waals surface area contributed by atoms with E-state index in [0.717, 1.165) is 5.56 Å². The Morgan fingerprint density at radius 1 is 1.05 bits per heavy atom. The SMILES string of the molecule is Cc1ccc(S(=O)(=O)CCOc2ccc(C#N)cc2)cc1. The van der Waals surface area contributed by atoms with Crippen molar-refractivity contribution in [1.29, 1.82) is 5.26 Å². The summed E-state index contributed by atoms with van der Waals surface area (Å²) in [6.45, 7) is 1.98. The maximum Gasteiger partial charge on any atom is 0.181 e. The number of sulfone groups is 1. The van der Waals surface area contributed by atoms with E-state index in [4.69, 9.17) is 10.00 Å². The lowest BCUT2D eigenvalue weighted by atomic mass is 10.2. The predicted molar refractivity (Wildman–Crippen MR) is 79.9 cm³/mol. The van der Waals surface area contributed by atoms with Gasteiger partial charge < -0.3 is 4.74 Å². The molecule has 0 aliphatic carbocycles. The van der Waals surface area contributed by atoms with Crippen molar-refractivity contribution < 1.29 is 13.2 Å². The lowest BCUT2D eigenvalue weighted by Crippen LogP contribution is -2.14. The van der Waals surface area contributed by atoms with Gasteiger partial charge in [0, 0.05) is 0 Å². The van der Waals surface area contributed by atoms with Gasteiger partial charge in [0.15, 0.2) is 9.84 Å². The van der Waals surface area contributed by atoms with Crippen LogP contribution in [-0.2, 0) is 9.84 Å². The van der Waals surface area contributed by atoms with Gasteiger partial charge in [-0.15, -0.1) is 0 Å². The molecule has 0 amide bonds. The monoisotopic (exact) mass is 301 g/mol. The minimum atomic E-state index is -3.34. The summed E-state index contributed by atoms with van der Waals surface area (Å²) < 4.78 is 29.6. The van der Waals surface area contributed by atoms with Gasteiger partial charge in [-0.1, -0.05) is 17.7 Å². The molecule has 0 aliphatic heterocycles. The molecule has 0 spiro atoms. The number of hydrogen-bond donors (Lipinski definition) is 0. The molecule has 0 radical (unpaired) electrons. The number of nitriles is 1. The molecule has 2 aromatic carbocycles. The van der Waals surface area contributed by atoms with Crippen LogP contribution in [-0.4, -0.2) is 20.8 Å². The van der Waals surface area contributed by atoms with Crippen molar-refractivity contribution in [3.05, 3.63) is 59.7 Å². The van der Waals surface area contributed by atoms with Gasteiger partial charge in [0.1, 0.15) is 12.4 Å². The molecular formula is C16H15NO3S. The van der Waals surface area contributed by atoms with Crippen LogP contribution in [0.3, 0.4) is 0 Å². The number of aryl methyl sites for hydroxylation is 1. The molecule has 108 valence electrons. The van der Waals surface area contributed by atoms with Crippen LogP contribution in [0.2, 0.25) is 0 Å². The highest BCUT2D eigenvalue weighted by Gasteiger charge is 2.14. The van der Waals surface area contributed by atoms with Crippen LogP contribution in [0.15, 0.2) is 53.4 Å². The molecule has 4 nitrogen and oxygen atoms in total. The predicted octanol–water partition coefficient (Wildman–Crippen LogP) is 2.72. The van der Waals surface area contributed by atoms with Crippen molar-refractivity contribution >= 4 is 9.84 Å². The van der Waals surface area contributed by atoms with Gasteiger partial charge in [-0.05, 0) is 43.3 Å². The van der Waals surface area contributed by atoms with Gasteiger partial charge in [-0.3, -0.25) is 0 Å². The third kappa shape index (κ3) is 4.07. The number of nitrogens with zero attached hydrogens (tertiary/aromatic N) is 1. The highest BCUT2D eigenvalue weighted by atomic mass is 32.2. The van der Waals surface area contributed by atoms with Gasteiger partial charge in [0.2, 0.25) is 0 Å². The van der Waals surface area contributed by atoms with Crippen molar-refractivity contribution in [2.75, 3.05) is 12.4 Å². The van der Waals surface area contributed by atoms with Crippen molar-refractivity contribution in [2.45, 2.75) is 11.8 Å². The Morgan fingerprint density at radius 2 is 1.67 bits per heavy atom. The normalized spacial score (nSPS) is 10.9. The molecule has 0 saturated heterocycles. The molecule has 0 unspecified atom stereocenters. The second-order valence-corrected chi connectivity index (χ2v) is 6.73. The smallest absolute Gasteiger partial charge is 0.181 e. The van der Waals surface area contributed by atoms with E-state index in [1.54, 1.807) is 48.5 Å². The minimum absolute atomic E-state index is 0.0715. The first-order valence-electron chi connectivity index (χ1n) is 6.44. The first-order valence-corrected chi connectivity index (χ1v) is 8.09. The average Bonchev–Trinajstić information content (AvgIpc) is 2.48. The van der Waals surface area contributed by atoms with Crippen LogP contribution >= 0.6 is 0 Å². The zero-order valence-electron chi connectivity index (χ0n) is 11.6.